The molecule has 174 valence electrons. The van der Waals surface area contributed by atoms with Gasteiger partial charge in [-0.3, -0.25) is 0 Å². The Hall–Kier alpha value is -2.07. The SMILES string of the molecule is O=C(O)c1cc(OC2OC(CO)C(O)C(O)C2OC2OCC(O)(CO)C2O)ccc1O. The van der Waals surface area contributed by atoms with E-state index < -0.39 is 85.8 Å². The molecule has 3 rings (SSSR count). The first kappa shape index (κ1) is 23.6. The molecule has 8 atom stereocenters. The number of carboxylic acids is 1. The van der Waals surface area contributed by atoms with Crippen LogP contribution in [0.25, 0.3) is 0 Å². The third kappa shape index (κ3) is 4.59. The van der Waals surface area contributed by atoms with Crippen LogP contribution < -0.4 is 4.74 Å². The van der Waals surface area contributed by atoms with Gasteiger partial charge in [-0.2, -0.15) is 0 Å². The Balaban J connectivity index is 1.84. The van der Waals surface area contributed by atoms with E-state index in [9.17, 15) is 40.5 Å². The van der Waals surface area contributed by atoms with Crippen molar-refractivity contribution in [3.05, 3.63) is 23.8 Å². The van der Waals surface area contributed by atoms with Gasteiger partial charge in [-0.05, 0) is 18.2 Å². The maximum Gasteiger partial charge on any atom is 0.339 e. The van der Waals surface area contributed by atoms with Gasteiger partial charge in [-0.15, -0.1) is 0 Å². The van der Waals surface area contributed by atoms with Crippen molar-refractivity contribution < 1.29 is 64.6 Å². The van der Waals surface area contributed by atoms with Crippen molar-refractivity contribution in [2.24, 2.45) is 0 Å². The first-order valence-corrected chi connectivity index (χ1v) is 9.25. The molecule has 1 aromatic carbocycles. The highest BCUT2D eigenvalue weighted by atomic mass is 16.8. The maximum absolute atomic E-state index is 11.2. The third-order valence-corrected chi connectivity index (χ3v) is 5.15. The number of benzene rings is 1. The molecule has 0 bridgehead atoms. The highest BCUT2D eigenvalue weighted by Gasteiger charge is 2.53. The summed E-state index contributed by atoms with van der Waals surface area (Å²) in [5, 5.41) is 78.3. The predicted octanol–water partition coefficient (Wildman–Crippen LogP) is -3.27. The van der Waals surface area contributed by atoms with Crippen LogP contribution in [-0.4, -0.2) is 115 Å². The summed E-state index contributed by atoms with van der Waals surface area (Å²) in [4.78, 5) is 11.2. The topological polar surface area (TPSA) is 216 Å². The normalized spacial score (nSPS) is 38.2. The number of carboxylic acid groups (broad SMARTS) is 1. The summed E-state index contributed by atoms with van der Waals surface area (Å²) in [7, 11) is 0. The number of ether oxygens (including phenoxy) is 4. The summed E-state index contributed by atoms with van der Waals surface area (Å²) in [5.41, 5.74) is -2.49. The zero-order valence-electron chi connectivity index (χ0n) is 16.0. The van der Waals surface area contributed by atoms with E-state index in [0.717, 1.165) is 12.1 Å². The molecule has 0 aliphatic carbocycles. The van der Waals surface area contributed by atoms with Crippen molar-refractivity contribution in [3.63, 3.8) is 0 Å². The van der Waals surface area contributed by atoms with Crippen LogP contribution in [0.2, 0.25) is 0 Å². The van der Waals surface area contributed by atoms with Crippen LogP contribution in [-0.2, 0) is 14.2 Å². The monoisotopic (exact) mass is 448 g/mol. The summed E-state index contributed by atoms with van der Waals surface area (Å²) in [6.45, 7) is -2.02. The fourth-order valence-electron chi connectivity index (χ4n) is 3.25. The molecule has 2 fully saturated rings. The second-order valence-corrected chi connectivity index (χ2v) is 7.30. The Morgan fingerprint density at radius 1 is 1.16 bits per heavy atom. The lowest BCUT2D eigenvalue weighted by atomic mass is 9.98. The van der Waals surface area contributed by atoms with Crippen LogP contribution in [0.15, 0.2) is 18.2 Å². The first-order valence-electron chi connectivity index (χ1n) is 9.25. The Bertz CT molecular complexity index is 788. The molecule has 2 heterocycles. The van der Waals surface area contributed by atoms with E-state index in [2.05, 4.69) is 0 Å². The largest absolute Gasteiger partial charge is 0.507 e. The van der Waals surface area contributed by atoms with Gasteiger partial charge in [0.25, 0.3) is 0 Å². The summed E-state index contributed by atoms with van der Waals surface area (Å²) in [5.74, 6) is -2.07. The van der Waals surface area contributed by atoms with Crippen LogP contribution in [0.3, 0.4) is 0 Å². The first-order chi connectivity index (χ1) is 14.6. The smallest absolute Gasteiger partial charge is 0.339 e. The van der Waals surface area contributed by atoms with Gasteiger partial charge in [0.05, 0.1) is 19.8 Å². The minimum atomic E-state index is -2.01. The zero-order chi connectivity index (χ0) is 22.9. The lowest BCUT2D eigenvalue weighted by Gasteiger charge is -2.42. The Morgan fingerprint density at radius 3 is 2.45 bits per heavy atom. The van der Waals surface area contributed by atoms with Crippen molar-refractivity contribution in [2.75, 3.05) is 19.8 Å². The minimum absolute atomic E-state index is 0.117. The molecule has 2 aliphatic heterocycles. The van der Waals surface area contributed by atoms with Crippen LogP contribution in [0.4, 0.5) is 0 Å². The summed E-state index contributed by atoms with van der Waals surface area (Å²) < 4.78 is 21.6. The van der Waals surface area contributed by atoms with E-state index in [1.54, 1.807) is 0 Å². The van der Waals surface area contributed by atoms with E-state index >= 15 is 0 Å². The van der Waals surface area contributed by atoms with E-state index in [1.165, 1.54) is 6.07 Å². The number of phenols is 1. The fraction of sp³-hybridized carbons (Fsp3) is 0.611. The number of aliphatic hydroxyl groups excluding tert-OH is 5. The Kier molecular flexibility index (Phi) is 7.00. The van der Waals surface area contributed by atoms with Crippen LogP contribution >= 0.6 is 0 Å². The molecule has 31 heavy (non-hydrogen) atoms. The van der Waals surface area contributed by atoms with Gasteiger partial charge in [0.2, 0.25) is 6.29 Å². The number of aromatic carboxylic acids is 1. The number of carbonyl (C=O) groups is 1. The van der Waals surface area contributed by atoms with Crippen molar-refractivity contribution in [1.29, 1.82) is 0 Å². The average Bonchev–Trinajstić information content (AvgIpc) is 3.03. The van der Waals surface area contributed by atoms with Gasteiger partial charge in [-0.1, -0.05) is 0 Å². The molecule has 1 aromatic rings. The van der Waals surface area contributed by atoms with Gasteiger partial charge < -0.3 is 59.8 Å². The molecule has 13 heteroatoms. The van der Waals surface area contributed by atoms with Crippen molar-refractivity contribution in [2.45, 2.75) is 48.7 Å². The molecule has 0 spiro atoms. The average molecular weight is 448 g/mol. The number of aromatic hydroxyl groups is 1. The summed E-state index contributed by atoms with van der Waals surface area (Å²) in [6.07, 6.45) is -11.0. The minimum Gasteiger partial charge on any atom is -0.507 e. The fourth-order valence-corrected chi connectivity index (χ4v) is 3.25. The summed E-state index contributed by atoms with van der Waals surface area (Å²) in [6, 6.07) is 3.24. The van der Waals surface area contributed by atoms with Gasteiger partial charge in [0.15, 0.2) is 12.4 Å². The molecule has 2 saturated heterocycles. The molecule has 13 nitrogen and oxygen atoms in total. The van der Waals surface area contributed by atoms with E-state index in [4.69, 9.17) is 24.1 Å². The van der Waals surface area contributed by atoms with Gasteiger partial charge in [-0.25, -0.2) is 4.79 Å². The molecule has 2 aliphatic rings. The second kappa shape index (κ2) is 9.20. The Labute approximate surface area is 175 Å². The number of hydrogen-bond acceptors (Lipinski definition) is 12. The van der Waals surface area contributed by atoms with Crippen molar-refractivity contribution >= 4 is 5.97 Å². The van der Waals surface area contributed by atoms with Crippen molar-refractivity contribution in [3.8, 4) is 11.5 Å². The molecule has 8 unspecified atom stereocenters. The highest BCUT2D eigenvalue weighted by Crippen LogP contribution is 2.32. The summed E-state index contributed by atoms with van der Waals surface area (Å²) >= 11 is 0. The maximum atomic E-state index is 11.2. The zero-order valence-corrected chi connectivity index (χ0v) is 16.0. The molecule has 0 aromatic heterocycles. The molecule has 0 radical (unpaired) electrons. The number of rotatable bonds is 7. The molecular weight excluding hydrogens is 424 g/mol. The third-order valence-electron chi connectivity index (χ3n) is 5.15. The molecule has 8 N–H and O–H groups in total. The van der Waals surface area contributed by atoms with E-state index in [0.29, 0.717) is 0 Å². The van der Waals surface area contributed by atoms with Crippen LogP contribution in [0.5, 0.6) is 11.5 Å². The number of aliphatic hydroxyl groups is 6. The standard InChI is InChI=1S/C18H24O13/c19-4-10-11(22)12(23)13(31-17-14(24)18(27,5-20)6-28-17)16(30-10)29-7-1-2-9(21)8(3-7)15(25)26/h1-3,10-14,16-17,19-24,27H,4-6H2,(H,25,26). The predicted molar refractivity (Wildman–Crippen MR) is 96.1 cm³/mol. The van der Waals surface area contributed by atoms with Crippen LogP contribution in [0, 0.1) is 0 Å². The van der Waals surface area contributed by atoms with Gasteiger partial charge >= 0.3 is 5.97 Å². The second-order valence-electron chi connectivity index (χ2n) is 7.30. The highest BCUT2D eigenvalue weighted by molar-refractivity contribution is 5.91. The van der Waals surface area contributed by atoms with Crippen molar-refractivity contribution in [1.82, 2.24) is 0 Å². The van der Waals surface area contributed by atoms with Gasteiger partial charge in [0.1, 0.15) is 47.1 Å². The lowest BCUT2D eigenvalue weighted by Crippen LogP contribution is -2.62. The van der Waals surface area contributed by atoms with Gasteiger partial charge in [0, 0.05) is 0 Å². The van der Waals surface area contributed by atoms with E-state index in [-0.39, 0.29) is 5.75 Å². The van der Waals surface area contributed by atoms with E-state index in [1.807, 2.05) is 0 Å². The van der Waals surface area contributed by atoms with Crippen LogP contribution in [0.1, 0.15) is 10.4 Å². The molecule has 0 saturated carbocycles. The number of hydrogen-bond donors (Lipinski definition) is 8. The Morgan fingerprint density at radius 2 is 1.87 bits per heavy atom. The quantitative estimate of drug-likeness (QED) is 0.206. The molecule has 0 amide bonds. The molecular formula is C18H24O13. The lowest BCUT2D eigenvalue weighted by molar-refractivity contribution is -0.318.